The van der Waals surface area contributed by atoms with E-state index in [2.05, 4.69) is 13.8 Å². The number of halogens is 1. The van der Waals surface area contributed by atoms with E-state index in [1.165, 1.54) is 6.07 Å². The van der Waals surface area contributed by atoms with Gasteiger partial charge >= 0.3 is 0 Å². The molecule has 0 aromatic heterocycles. The third-order valence-electron chi connectivity index (χ3n) is 2.94. The van der Waals surface area contributed by atoms with E-state index in [1.807, 2.05) is 25.1 Å². The molecule has 2 nitrogen and oxygen atoms in total. The maximum Gasteiger partial charge on any atom is 0.125 e. The van der Waals surface area contributed by atoms with Crippen molar-refractivity contribution in [1.82, 2.24) is 0 Å². The summed E-state index contributed by atoms with van der Waals surface area (Å²) in [4.78, 5) is 1.94. The van der Waals surface area contributed by atoms with Crippen molar-refractivity contribution in [2.45, 2.75) is 25.7 Å². The Hall–Kier alpha value is -1.09. The largest absolute Gasteiger partial charge is 0.377 e. The van der Waals surface area contributed by atoms with Crippen molar-refractivity contribution in [2.75, 3.05) is 25.5 Å². The number of benzene rings is 1. The molecule has 0 aliphatic heterocycles. The maximum atomic E-state index is 13.2. The summed E-state index contributed by atoms with van der Waals surface area (Å²) >= 11 is 0. The molecule has 0 aliphatic carbocycles. The molecular formula is C13H21FN2. The van der Waals surface area contributed by atoms with Crippen LogP contribution in [0.15, 0.2) is 18.2 Å². The van der Waals surface area contributed by atoms with E-state index in [1.54, 1.807) is 6.07 Å². The van der Waals surface area contributed by atoms with Crippen molar-refractivity contribution in [3.8, 4) is 0 Å². The zero-order chi connectivity index (χ0) is 12.3. The van der Waals surface area contributed by atoms with Gasteiger partial charge in [0.25, 0.3) is 0 Å². The lowest BCUT2D eigenvalue weighted by atomic mass is 9.80. The quantitative estimate of drug-likeness (QED) is 0.851. The minimum atomic E-state index is -0.198. The molecule has 0 spiro atoms. The van der Waals surface area contributed by atoms with E-state index in [4.69, 9.17) is 5.73 Å². The highest BCUT2D eigenvalue weighted by atomic mass is 19.1. The molecule has 0 bridgehead atoms. The normalized spacial score (nSPS) is 11.6. The lowest BCUT2D eigenvalue weighted by Crippen LogP contribution is -2.25. The Morgan fingerprint density at radius 3 is 2.44 bits per heavy atom. The Balaban J connectivity index is 3.22. The van der Waals surface area contributed by atoms with Gasteiger partial charge in [-0.15, -0.1) is 0 Å². The fraction of sp³-hybridized carbons (Fsp3) is 0.538. The average Bonchev–Trinajstić information content (AvgIpc) is 2.16. The second-order valence-electron chi connectivity index (χ2n) is 4.98. The number of rotatable bonds is 4. The topological polar surface area (TPSA) is 29.3 Å². The van der Waals surface area contributed by atoms with Crippen molar-refractivity contribution in [2.24, 2.45) is 5.73 Å². The summed E-state index contributed by atoms with van der Waals surface area (Å²) in [5.41, 5.74) is 7.67. The minimum absolute atomic E-state index is 0.0257. The third-order valence-corrected chi connectivity index (χ3v) is 2.94. The first-order valence-corrected chi connectivity index (χ1v) is 5.56. The molecule has 0 aliphatic rings. The van der Waals surface area contributed by atoms with Gasteiger partial charge in [-0.2, -0.15) is 0 Å². The van der Waals surface area contributed by atoms with Gasteiger partial charge in [0.2, 0.25) is 0 Å². The molecule has 1 aromatic rings. The molecule has 0 unspecified atom stereocenters. The maximum absolute atomic E-state index is 13.2. The number of hydrogen-bond acceptors (Lipinski definition) is 2. The minimum Gasteiger partial charge on any atom is -0.377 e. The molecule has 0 fully saturated rings. The predicted molar refractivity (Wildman–Crippen MR) is 67.4 cm³/mol. The molecular weight excluding hydrogens is 203 g/mol. The standard InChI is InChI=1S/C13H21FN2/c1-13(2,7-8-15)11-6-5-10(14)9-12(11)16(3)4/h5-6,9H,7-8,15H2,1-4H3. The molecule has 0 heterocycles. The van der Waals surface area contributed by atoms with Crippen LogP contribution in [0.5, 0.6) is 0 Å². The van der Waals surface area contributed by atoms with Crippen molar-refractivity contribution in [1.29, 1.82) is 0 Å². The van der Waals surface area contributed by atoms with Crippen molar-refractivity contribution in [3.05, 3.63) is 29.6 Å². The van der Waals surface area contributed by atoms with E-state index in [-0.39, 0.29) is 11.2 Å². The summed E-state index contributed by atoms with van der Waals surface area (Å²) in [6.45, 7) is 4.91. The van der Waals surface area contributed by atoms with E-state index in [0.29, 0.717) is 6.54 Å². The molecule has 0 saturated heterocycles. The summed E-state index contributed by atoms with van der Waals surface area (Å²) in [7, 11) is 3.85. The lowest BCUT2D eigenvalue weighted by molar-refractivity contribution is 0.486. The highest BCUT2D eigenvalue weighted by Gasteiger charge is 2.23. The predicted octanol–water partition coefficient (Wildman–Crippen LogP) is 2.52. The highest BCUT2D eigenvalue weighted by Crippen LogP contribution is 2.34. The summed E-state index contributed by atoms with van der Waals surface area (Å²) in [5.74, 6) is -0.198. The Morgan fingerprint density at radius 2 is 1.94 bits per heavy atom. The van der Waals surface area contributed by atoms with Crippen molar-refractivity contribution >= 4 is 5.69 Å². The van der Waals surface area contributed by atoms with Crippen LogP contribution in [0.4, 0.5) is 10.1 Å². The van der Waals surface area contributed by atoms with Crippen LogP contribution in [-0.2, 0) is 5.41 Å². The molecule has 16 heavy (non-hydrogen) atoms. The number of anilines is 1. The first-order chi connectivity index (χ1) is 7.38. The van der Waals surface area contributed by atoms with Gasteiger partial charge < -0.3 is 10.6 Å². The van der Waals surface area contributed by atoms with Crippen molar-refractivity contribution in [3.63, 3.8) is 0 Å². The van der Waals surface area contributed by atoms with Gasteiger partial charge in [-0.05, 0) is 36.1 Å². The van der Waals surface area contributed by atoms with Gasteiger partial charge in [-0.1, -0.05) is 19.9 Å². The smallest absolute Gasteiger partial charge is 0.125 e. The van der Waals surface area contributed by atoms with E-state index in [9.17, 15) is 4.39 Å². The van der Waals surface area contributed by atoms with Crippen LogP contribution in [0, 0.1) is 5.82 Å². The SMILES string of the molecule is CN(C)c1cc(F)ccc1C(C)(C)CCN. The fourth-order valence-corrected chi connectivity index (χ4v) is 1.94. The van der Waals surface area contributed by atoms with Crippen molar-refractivity contribution < 1.29 is 4.39 Å². The fourth-order valence-electron chi connectivity index (χ4n) is 1.94. The zero-order valence-electron chi connectivity index (χ0n) is 10.5. The van der Waals surface area contributed by atoms with Crippen LogP contribution >= 0.6 is 0 Å². The van der Waals surface area contributed by atoms with E-state index < -0.39 is 0 Å². The van der Waals surface area contributed by atoms with E-state index >= 15 is 0 Å². The number of nitrogens with two attached hydrogens (primary N) is 1. The van der Waals surface area contributed by atoms with E-state index in [0.717, 1.165) is 17.7 Å². The summed E-state index contributed by atoms with van der Waals surface area (Å²) in [6.07, 6.45) is 0.888. The second-order valence-corrected chi connectivity index (χ2v) is 4.98. The molecule has 1 aromatic carbocycles. The van der Waals surface area contributed by atoms with Gasteiger partial charge in [-0.25, -0.2) is 4.39 Å². The van der Waals surface area contributed by atoms with Crippen LogP contribution in [0.1, 0.15) is 25.8 Å². The molecule has 0 amide bonds. The molecule has 3 heteroatoms. The molecule has 0 saturated carbocycles. The van der Waals surface area contributed by atoms with Crippen LogP contribution in [0.2, 0.25) is 0 Å². The number of hydrogen-bond donors (Lipinski definition) is 1. The van der Waals surface area contributed by atoms with Gasteiger partial charge in [-0.3, -0.25) is 0 Å². The molecule has 0 radical (unpaired) electrons. The first-order valence-electron chi connectivity index (χ1n) is 5.56. The molecule has 2 N–H and O–H groups in total. The van der Waals surface area contributed by atoms with Gasteiger partial charge in [0.1, 0.15) is 5.82 Å². The first kappa shape index (κ1) is 13.0. The van der Waals surface area contributed by atoms with Crippen LogP contribution < -0.4 is 10.6 Å². The molecule has 1 rings (SSSR count). The van der Waals surface area contributed by atoms with Gasteiger partial charge in [0.15, 0.2) is 0 Å². The monoisotopic (exact) mass is 224 g/mol. The third kappa shape index (κ3) is 2.73. The van der Waals surface area contributed by atoms with Gasteiger partial charge in [0, 0.05) is 19.8 Å². The Bertz CT molecular complexity index is 359. The Labute approximate surface area is 97.3 Å². The van der Waals surface area contributed by atoms with Crippen LogP contribution in [0.3, 0.4) is 0 Å². The van der Waals surface area contributed by atoms with Crippen LogP contribution in [0.25, 0.3) is 0 Å². The summed E-state index contributed by atoms with van der Waals surface area (Å²) in [6, 6.07) is 4.95. The Morgan fingerprint density at radius 1 is 1.31 bits per heavy atom. The number of nitrogens with zero attached hydrogens (tertiary/aromatic N) is 1. The van der Waals surface area contributed by atoms with Gasteiger partial charge in [0.05, 0.1) is 0 Å². The summed E-state index contributed by atoms with van der Waals surface area (Å²) in [5, 5.41) is 0. The molecule has 90 valence electrons. The second kappa shape index (κ2) is 4.83. The zero-order valence-corrected chi connectivity index (χ0v) is 10.5. The lowest BCUT2D eigenvalue weighted by Gasteiger charge is -2.30. The highest BCUT2D eigenvalue weighted by molar-refractivity contribution is 5.55. The average molecular weight is 224 g/mol. The summed E-state index contributed by atoms with van der Waals surface area (Å²) < 4.78 is 13.2. The van der Waals surface area contributed by atoms with Crippen LogP contribution in [-0.4, -0.2) is 20.6 Å². The molecule has 0 atom stereocenters. The Kier molecular flexibility index (Phi) is 3.92.